The van der Waals surface area contributed by atoms with Gasteiger partial charge in [0.2, 0.25) is 0 Å². The van der Waals surface area contributed by atoms with E-state index in [2.05, 4.69) is 4.98 Å². The Morgan fingerprint density at radius 1 is 1.29 bits per heavy atom. The van der Waals surface area contributed by atoms with Crippen LogP contribution < -0.4 is 5.56 Å². The first-order chi connectivity index (χ1) is 8.13. The lowest BCUT2D eigenvalue weighted by Crippen LogP contribution is -2.22. The van der Waals surface area contributed by atoms with Crippen molar-refractivity contribution in [1.29, 1.82) is 0 Å². The zero-order valence-electron chi connectivity index (χ0n) is 9.05. The molecule has 0 bridgehead atoms. The molecule has 0 spiro atoms. The standard InChI is InChI=1S/C12H9ClN2O2/c1-8-2-4-9(5-3-8)15-7-14-11(13)10(6-16)12(15)17/h2-7H,1H3. The van der Waals surface area contributed by atoms with Gasteiger partial charge in [-0.25, -0.2) is 4.98 Å². The van der Waals surface area contributed by atoms with Crippen LogP contribution in [0.2, 0.25) is 5.15 Å². The topological polar surface area (TPSA) is 52.0 Å². The molecule has 0 aliphatic carbocycles. The van der Waals surface area contributed by atoms with Crippen LogP contribution in [0.1, 0.15) is 15.9 Å². The first-order valence-corrected chi connectivity index (χ1v) is 5.30. The molecule has 0 saturated carbocycles. The number of rotatable bonds is 2. The zero-order valence-corrected chi connectivity index (χ0v) is 9.81. The van der Waals surface area contributed by atoms with Gasteiger partial charge in [0.15, 0.2) is 6.29 Å². The normalized spacial score (nSPS) is 10.2. The number of aldehydes is 1. The molecule has 1 heterocycles. The fourth-order valence-corrected chi connectivity index (χ4v) is 1.61. The summed E-state index contributed by atoms with van der Waals surface area (Å²) in [4.78, 5) is 26.5. The molecule has 17 heavy (non-hydrogen) atoms. The summed E-state index contributed by atoms with van der Waals surface area (Å²) >= 11 is 5.66. The van der Waals surface area contributed by atoms with Crippen molar-refractivity contribution in [3.05, 3.63) is 57.2 Å². The summed E-state index contributed by atoms with van der Waals surface area (Å²) in [5.74, 6) is 0. The summed E-state index contributed by atoms with van der Waals surface area (Å²) in [6.45, 7) is 1.95. The van der Waals surface area contributed by atoms with Gasteiger partial charge in [-0.05, 0) is 19.1 Å². The maximum absolute atomic E-state index is 11.9. The lowest BCUT2D eigenvalue weighted by Gasteiger charge is -2.06. The fourth-order valence-electron chi connectivity index (χ4n) is 1.44. The summed E-state index contributed by atoms with van der Waals surface area (Å²) in [6.07, 6.45) is 1.73. The molecule has 0 saturated heterocycles. The van der Waals surface area contributed by atoms with Gasteiger partial charge < -0.3 is 0 Å². The first kappa shape index (κ1) is 11.5. The van der Waals surface area contributed by atoms with Crippen molar-refractivity contribution < 1.29 is 4.79 Å². The quantitative estimate of drug-likeness (QED) is 0.603. The minimum Gasteiger partial charge on any atom is -0.298 e. The van der Waals surface area contributed by atoms with E-state index in [0.717, 1.165) is 5.56 Å². The average Bonchev–Trinajstić information content (AvgIpc) is 2.31. The lowest BCUT2D eigenvalue weighted by molar-refractivity contribution is 0.112. The molecule has 86 valence electrons. The second-order valence-corrected chi connectivity index (χ2v) is 3.94. The van der Waals surface area contributed by atoms with Gasteiger partial charge in [-0.1, -0.05) is 29.3 Å². The van der Waals surface area contributed by atoms with Crippen molar-refractivity contribution in [2.75, 3.05) is 0 Å². The summed E-state index contributed by atoms with van der Waals surface area (Å²) in [5.41, 5.74) is 1.13. The van der Waals surface area contributed by atoms with Crippen LogP contribution in [0.15, 0.2) is 35.4 Å². The third-order valence-corrected chi connectivity index (χ3v) is 2.69. The van der Waals surface area contributed by atoms with Gasteiger partial charge in [-0.2, -0.15) is 0 Å². The smallest absolute Gasteiger partial charge is 0.270 e. The van der Waals surface area contributed by atoms with Crippen LogP contribution in [0, 0.1) is 6.92 Å². The molecule has 0 amide bonds. The predicted octanol–water partition coefficient (Wildman–Crippen LogP) is 2.01. The van der Waals surface area contributed by atoms with Crippen molar-refractivity contribution in [2.24, 2.45) is 0 Å². The maximum atomic E-state index is 11.9. The summed E-state index contributed by atoms with van der Waals surface area (Å²) in [7, 11) is 0. The van der Waals surface area contributed by atoms with E-state index in [1.807, 2.05) is 19.1 Å². The molecule has 1 aromatic carbocycles. The van der Waals surface area contributed by atoms with Gasteiger partial charge in [0, 0.05) is 0 Å². The van der Waals surface area contributed by atoms with Gasteiger partial charge in [0.1, 0.15) is 17.0 Å². The van der Waals surface area contributed by atoms with E-state index in [0.29, 0.717) is 12.0 Å². The summed E-state index contributed by atoms with van der Waals surface area (Å²) < 4.78 is 1.29. The predicted molar refractivity (Wildman–Crippen MR) is 65.0 cm³/mol. The highest BCUT2D eigenvalue weighted by Crippen LogP contribution is 2.09. The highest BCUT2D eigenvalue weighted by Gasteiger charge is 2.09. The molecule has 0 aliphatic rings. The number of halogens is 1. The Hall–Kier alpha value is -1.94. The molecule has 0 radical (unpaired) electrons. The molecule has 4 nitrogen and oxygen atoms in total. The number of aryl methyl sites for hydroxylation is 1. The van der Waals surface area contributed by atoms with Crippen LogP contribution in [0.25, 0.3) is 5.69 Å². The van der Waals surface area contributed by atoms with Gasteiger partial charge in [0.05, 0.1) is 5.69 Å². The number of hydrogen-bond acceptors (Lipinski definition) is 3. The molecular weight excluding hydrogens is 240 g/mol. The van der Waals surface area contributed by atoms with Crippen LogP contribution in [0.3, 0.4) is 0 Å². The van der Waals surface area contributed by atoms with Crippen molar-refractivity contribution in [1.82, 2.24) is 9.55 Å². The van der Waals surface area contributed by atoms with E-state index >= 15 is 0 Å². The highest BCUT2D eigenvalue weighted by atomic mass is 35.5. The van der Waals surface area contributed by atoms with E-state index in [1.165, 1.54) is 10.9 Å². The van der Waals surface area contributed by atoms with Gasteiger partial charge in [0.25, 0.3) is 5.56 Å². The van der Waals surface area contributed by atoms with E-state index < -0.39 is 5.56 Å². The molecule has 2 rings (SSSR count). The van der Waals surface area contributed by atoms with Crippen molar-refractivity contribution in [3.63, 3.8) is 0 Å². The Morgan fingerprint density at radius 2 is 1.94 bits per heavy atom. The van der Waals surface area contributed by atoms with E-state index in [1.54, 1.807) is 12.1 Å². The molecule has 0 atom stereocenters. The largest absolute Gasteiger partial charge is 0.298 e. The number of aromatic nitrogens is 2. The van der Waals surface area contributed by atoms with Gasteiger partial charge >= 0.3 is 0 Å². The van der Waals surface area contributed by atoms with E-state index in [-0.39, 0.29) is 10.7 Å². The number of carbonyl (C=O) groups is 1. The van der Waals surface area contributed by atoms with Gasteiger partial charge in [-0.15, -0.1) is 0 Å². The molecular formula is C12H9ClN2O2. The average molecular weight is 249 g/mol. The van der Waals surface area contributed by atoms with Crippen LogP contribution in [0.5, 0.6) is 0 Å². The Kier molecular flexibility index (Phi) is 3.06. The van der Waals surface area contributed by atoms with Crippen LogP contribution in [-0.2, 0) is 0 Å². The Bertz CT molecular complexity index is 617. The fraction of sp³-hybridized carbons (Fsp3) is 0.0833. The van der Waals surface area contributed by atoms with Gasteiger partial charge in [-0.3, -0.25) is 14.2 Å². The zero-order chi connectivity index (χ0) is 12.4. The highest BCUT2D eigenvalue weighted by molar-refractivity contribution is 6.31. The summed E-state index contributed by atoms with van der Waals surface area (Å²) in [6, 6.07) is 7.30. The molecule has 1 aromatic heterocycles. The third-order valence-electron chi connectivity index (χ3n) is 2.39. The molecule has 0 unspecified atom stereocenters. The van der Waals surface area contributed by atoms with Crippen LogP contribution in [-0.4, -0.2) is 15.8 Å². The number of hydrogen-bond donors (Lipinski definition) is 0. The minimum absolute atomic E-state index is 0.0756. The number of carbonyl (C=O) groups excluding carboxylic acids is 1. The monoisotopic (exact) mass is 248 g/mol. The van der Waals surface area contributed by atoms with Crippen LogP contribution >= 0.6 is 11.6 Å². The second-order valence-electron chi connectivity index (χ2n) is 3.58. The molecule has 0 aliphatic heterocycles. The van der Waals surface area contributed by atoms with E-state index in [9.17, 15) is 9.59 Å². The van der Waals surface area contributed by atoms with Crippen molar-refractivity contribution >= 4 is 17.9 Å². The molecule has 0 fully saturated rings. The third kappa shape index (κ3) is 2.12. The van der Waals surface area contributed by atoms with Crippen molar-refractivity contribution in [2.45, 2.75) is 6.92 Å². The molecule has 2 aromatic rings. The Labute approximate surface area is 102 Å². The van der Waals surface area contributed by atoms with Crippen LogP contribution in [0.4, 0.5) is 0 Å². The molecule has 5 heteroatoms. The SMILES string of the molecule is Cc1ccc(-n2cnc(Cl)c(C=O)c2=O)cc1. The molecule has 0 N–H and O–H groups in total. The lowest BCUT2D eigenvalue weighted by atomic mass is 10.2. The number of nitrogens with zero attached hydrogens (tertiary/aromatic N) is 2. The first-order valence-electron chi connectivity index (χ1n) is 4.93. The van der Waals surface area contributed by atoms with Crippen molar-refractivity contribution in [3.8, 4) is 5.69 Å². The minimum atomic E-state index is -0.469. The Balaban J connectivity index is 2.65. The summed E-state index contributed by atoms with van der Waals surface area (Å²) in [5, 5.41) is -0.0756. The van der Waals surface area contributed by atoms with E-state index in [4.69, 9.17) is 11.6 Å². The number of benzene rings is 1. The maximum Gasteiger partial charge on any atom is 0.270 e. The second kappa shape index (κ2) is 4.51. The Morgan fingerprint density at radius 3 is 2.53 bits per heavy atom.